The van der Waals surface area contributed by atoms with Crippen molar-refractivity contribution in [2.75, 3.05) is 12.4 Å². The first kappa shape index (κ1) is 12.6. The number of fused-ring (bicyclic) bond motifs is 1. The van der Waals surface area contributed by atoms with Gasteiger partial charge in [0.15, 0.2) is 0 Å². The lowest BCUT2D eigenvalue weighted by Gasteiger charge is -2.08. The Balaban J connectivity index is 2.06. The number of imidazole rings is 1. The molecule has 2 heterocycles. The van der Waals surface area contributed by atoms with Gasteiger partial charge in [0.25, 0.3) is 0 Å². The highest BCUT2D eigenvalue weighted by Crippen LogP contribution is 2.19. The van der Waals surface area contributed by atoms with E-state index < -0.39 is 0 Å². The van der Waals surface area contributed by atoms with Crippen LogP contribution >= 0.6 is 0 Å². The minimum atomic E-state index is 0.673. The van der Waals surface area contributed by atoms with Crippen LogP contribution in [0.25, 0.3) is 11.0 Å². The fraction of sp³-hybridized carbons (Fsp3) is 0.267. The lowest BCUT2D eigenvalue weighted by Crippen LogP contribution is -2.07. The Hall–Kier alpha value is -2.43. The number of aryl methyl sites for hydroxylation is 1. The summed E-state index contributed by atoms with van der Waals surface area (Å²) in [5.74, 6) is 1.83. The third kappa shape index (κ3) is 2.11. The highest BCUT2D eigenvalue weighted by molar-refractivity contribution is 5.76. The standard InChI is InChI=1S/C15H17N5/c1-3-20-13-7-5-4-6-11(13)19-14(20)10-12-15(16-2)18-9-8-17-12/h4-9H,3,10H2,1-2H3,(H,16,18). The Morgan fingerprint density at radius 3 is 2.75 bits per heavy atom. The first-order valence-corrected chi connectivity index (χ1v) is 6.75. The Morgan fingerprint density at radius 2 is 1.95 bits per heavy atom. The van der Waals surface area contributed by atoms with Gasteiger partial charge in [-0.1, -0.05) is 12.1 Å². The Labute approximate surface area is 117 Å². The van der Waals surface area contributed by atoms with Crippen LogP contribution in [0.15, 0.2) is 36.7 Å². The summed E-state index contributed by atoms with van der Waals surface area (Å²) in [5.41, 5.74) is 3.11. The number of benzene rings is 1. The number of hydrogen-bond acceptors (Lipinski definition) is 4. The maximum Gasteiger partial charge on any atom is 0.147 e. The second-order valence-corrected chi connectivity index (χ2v) is 4.54. The zero-order valence-corrected chi connectivity index (χ0v) is 11.7. The van der Waals surface area contributed by atoms with Crippen molar-refractivity contribution in [2.45, 2.75) is 19.9 Å². The minimum Gasteiger partial charge on any atom is -0.372 e. The van der Waals surface area contributed by atoms with E-state index in [1.807, 2.05) is 25.2 Å². The highest BCUT2D eigenvalue weighted by atomic mass is 15.1. The van der Waals surface area contributed by atoms with Crippen molar-refractivity contribution < 1.29 is 0 Å². The smallest absolute Gasteiger partial charge is 0.147 e. The van der Waals surface area contributed by atoms with Crippen LogP contribution in [0, 0.1) is 0 Å². The molecule has 0 spiro atoms. The van der Waals surface area contributed by atoms with Crippen LogP contribution < -0.4 is 5.32 Å². The molecule has 0 amide bonds. The SMILES string of the molecule is CCn1c(Cc2nccnc2NC)nc2ccccc21. The average molecular weight is 267 g/mol. The number of aromatic nitrogens is 4. The molecule has 1 N–H and O–H groups in total. The van der Waals surface area contributed by atoms with Gasteiger partial charge in [0, 0.05) is 26.0 Å². The first-order chi connectivity index (χ1) is 9.83. The summed E-state index contributed by atoms with van der Waals surface area (Å²) in [6, 6.07) is 8.20. The van der Waals surface area contributed by atoms with E-state index in [9.17, 15) is 0 Å². The first-order valence-electron chi connectivity index (χ1n) is 6.75. The summed E-state index contributed by atoms with van der Waals surface area (Å²) in [4.78, 5) is 13.4. The summed E-state index contributed by atoms with van der Waals surface area (Å²) in [6.45, 7) is 3.03. The molecule has 20 heavy (non-hydrogen) atoms. The zero-order chi connectivity index (χ0) is 13.9. The monoisotopic (exact) mass is 267 g/mol. The molecule has 2 aromatic heterocycles. The molecule has 0 bridgehead atoms. The van der Waals surface area contributed by atoms with Gasteiger partial charge in [-0.25, -0.2) is 9.97 Å². The molecule has 3 aromatic rings. The van der Waals surface area contributed by atoms with E-state index in [0.29, 0.717) is 6.42 Å². The van der Waals surface area contributed by atoms with Crippen LogP contribution in [0.3, 0.4) is 0 Å². The second-order valence-electron chi connectivity index (χ2n) is 4.54. The normalized spacial score (nSPS) is 10.9. The molecule has 0 aliphatic rings. The van der Waals surface area contributed by atoms with Gasteiger partial charge in [-0.15, -0.1) is 0 Å². The molecule has 102 valence electrons. The van der Waals surface area contributed by atoms with Crippen molar-refractivity contribution in [3.63, 3.8) is 0 Å². The molecular weight excluding hydrogens is 250 g/mol. The maximum atomic E-state index is 4.72. The molecule has 5 nitrogen and oxygen atoms in total. The molecule has 1 aromatic carbocycles. The Bertz CT molecular complexity index is 732. The predicted molar refractivity (Wildman–Crippen MR) is 79.8 cm³/mol. The van der Waals surface area contributed by atoms with Gasteiger partial charge in [0.1, 0.15) is 11.6 Å². The van der Waals surface area contributed by atoms with E-state index in [2.05, 4.69) is 32.8 Å². The molecule has 5 heteroatoms. The van der Waals surface area contributed by atoms with Gasteiger partial charge < -0.3 is 9.88 Å². The third-order valence-electron chi connectivity index (χ3n) is 3.39. The van der Waals surface area contributed by atoms with Gasteiger partial charge in [-0.2, -0.15) is 0 Å². The van der Waals surface area contributed by atoms with Crippen LogP contribution in [0.2, 0.25) is 0 Å². The van der Waals surface area contributed by atoms with Gasteiger partial charge in [0.2, 0.25) is 0 Å². The van der Waals surface area contributed by atoms with E-state index in [0.717, 1.165) is 29.4 Å². The summed E-state index contributed by atoms with van der Waals surface area (Å²) in [7, 11) is 1.86. The van der Waals surface area contributed by atoms with Crippen molar-refractivity contribution in [3.8, 4) is 0 Å². The quantitative estimate of drug-likeness (QED) is 0.789. The topological polar surface area (TPSA) is 55.6 Å². The van der Waals surface area contributed by atoms with Gasteiger partial charge in [0.05, 0.1) is 23.1 Å². The molecule has 0 atom stereocenters. The number of hydrogen-bond donors (Lipinski definition) is 1. The van der Waals surface area contributed by atoms with Crippen molar-refractivity contribution in [1.29, 1.82) is 0 Å². The summed E-state index contributed by atoms with van der Waals surface area (Å²) >= 11 is 0. The zero-order valence-electron chi connectivity index (χ0n) is 11.7. The Kier molecular flexibility index (Phi) is 3.33. The molecule has 3 rings (SSSR count). The van der Waals surface area contributed by atoms with Gasteiger partial charge in [-0.3, -0.25) is 4.98 Å². The van der Waals surface area contributed by atoms with Crippen LogP contribution in [-0.2, 0) is 13.0 Å². The largest absolute Gasteiger partial charge is 0.372 e. The van der Waals surface area contributed by atoms with Gasteiger partial charge >= 0.3 is 0 Å². The minimum absolute atomic E-state index is 0.673. The molecule has 0 aliphatic carbocycles. The van der Waals surface area contributed by atoms with Crippen LogP contribution in [0.5, 0.6) is 0 Å². The van der Waals surface area contributed by atoms with Crippen molar-refractivity contribution in [1.82, 2.24) is 19.5 Å². The highest BCUT2D eigenvalue weighted by Gasteiger charge is 2.12. The molecule has 0 saturated carbocycles. The number of para-hydroxylation sites is 2. The van der Waals surface area contributed by atoms with Crippen LogP contribution in [0.4, 0.5) is 5.82 Å². The van der Waals surface area contributed by atoms with E-state index in [1.54, 1.807) is 12.4 Å². The van der Waals surface area contributed by atoms with Gasteiger partial charge in [-0.05, 0) is 19.1 Å². The molecule has 0 saturated heterocycles. The molecule has 0 aliphatic heterocycles. The summed E-state index contributed by atoms with van der Waals surface area (Å²) in [6.07, 6.45) is 4.08. The van der Waals surface area contributed by atoms with Crippen LogP contribution in [0.1, 0.15) is 18.4 Å². The van der Waals surface area contributed by atoms with E-state index in [1.165, 1.54) is 5.52 Å². The van der Waals surface area contributed by atoms with Crippen molar-refractivity contribution in [3.05, 3.63) is 48.2 Å². The Morgan fingerprint density at radius 1 is 1.15 bits per heavy atom. The molecule has 0 fully saturated rings. The number of anilines is 1. The number of nitrogens with zero attached hydrogens (tertiary/aromatic N) is 4. The maximum absolute atomic E-state index is 4.72. The predicted octanol–water partition coefficient (Wildman–Crippen LogP) is 2.48. The number of nitrogens with one attached hydrogen (secondary N) is 1. The number of rotatable bonds is 4. The van der Waals surface area contributed by atoms with Crippen molar-refractivity contribution >= 4 is 16.9 Å². The summed E-state index contributed by atoms with van der Waals surface area (Å²) in [5, 5.41) is 3.08. The third-order valence-corrected chi connectivity index (χ3v) is 3.39. The van der Waals surface area contributed by atoms with Crippen molar-refractivity contribution in [2.24, 2.45) is 0 Å². The van der Waals surface area contributed by atoms with E-state index >= 15 is 0 Å². The molecule has 0 radical (unpaired) electrons. The lowest BCUT2D eigenvalue weighted by atomic mass is 10.2. The van der Waals surface area contributed by atoms with Crippen LogP contribution in [-0.4, -0.2) is 26.6 Å². The fourth-order valence-electron chi connectivity index (χ4n) is 2.47. The molecule has 0 unspecified atom stereocenters. The lowest BCUT2D eigenvalue weighted by molar-refractivity contribution is 0.728. The van der Waals surface area contributed by atoms with E-state index in [-0.39, 0.29) is 0 Å². The fourth-order valence-corrected chi connectivity index (χ4v) is 2.47. The molecular formula is C15H17N5. The van der Waals surface area contributed by atoms with E-state index in [4.69, 9.17) is 4.98 Å². The summed E-state index contributed by atoms with van der Waals surface area (Å²) < 4.78 is 2.23. The average Bonchev–Trinajstić information content (AvgIpc) is 2.85. The second kappa shape index (κ2) is 5.28.